The van der Waals surface area contributed by atoms with Gasteiger partial charge in [0.2, 0.25) is 15.9 Å². The van der Waals surface area contributed by atoms with Crippen LogP contribution in [0.5, 0.6) is 0 Å². The smallest absolute Gasteiger partial charge is 0.336 e. The minimum atomic E-state index is -3.63. The van der Waals surface area contributed by atoms with Crippen LogP contribution in [0.2, 0.25) is 0 Å². The summed E-state index contributed by atoms with van der Waals surface area (Å²) in [5.41, 5.74) is 0.508. The number of anilines is 1. The van der Waals surface area contributed by atoms with Crippen LogP contribution >= 0.6 is 0 Å². The summed E-state index contributed by atoms with van der Waals surface area (Å²) in [6, 6.07) is 15.7. The average Bonchev–Trinajstić information content (AvgIpc) is 2.62. The van der Waals surface area contributed by atoms with E-state index >= 15 is 0 Å². The quantitative estimate of drug-likeness (QED) is 0.645. The zero-order valence-corrected chi connectivity index (χ0v) is 14.5. The lowest BCUT2D eigenvalue weighted by Crippen LogP contribution is -2.27. The van der Waals surface area contributed by atoms with E-state index in [2.05, 4.69) is 10.0 Å². The number of sulfonamides is 1. The van der Waals surface area contributed by atoms with Crippen LogP contribution in [-0.4, -0.2) is 20.9 Å². The number of hydrogen-bond acceptors (Lipinski definition) is 5. The molecule has 0 spiro atoms. The topological polar surface area (TPSA) is 105 Å². The lowest BCUT2D eigenvalue weighted by atomic mass is 10.2. The molecule has 0 unspecified atom stereocenters. The molecule has 2 aromatic carbocycles. The van der Waals surface area contributed by atoms with E-state index in [4.69, 9.17) is 4.42 Å². The van der Waals surface area contributed by atoms with Crippen LogP contribution in [0.4, 0.5) is 5.69 Å². The van der Waals surface area contributed by atoms with Crippen LogP contribution in [0.15, 0.2) is 74.8 Å². The van der Waals surface area contributed by atoms with Crippen LogP contribution in [0, 0.1) is 0 Å². The first-order chi connectivity index (χ1) is 12.4. The Kier molecular flexibility index (Phi) is 5.15. The summed E-state index contributed by atoms with van der Waals surface area (Å²) in [4.78, 5) is 23.3. The first kappa shape index (κ1) is 17.8. The first-order valence-corrected chi connectivity index (χ1v) is 9.31. The van der Waals surface area contributed by atoms with Crippen molar-refractivity contribution in [2.75, 3.05) is 11.9 Å². The summed E-state index contributed by atoms with van der Waals surface area (Å²) < 4.78 is 31.5. The van der Waals surface area contributed by atoms with Gasteiger partial charge in [-0.25, -0.2) is 17.9 Å². The van der Waals surface area contributed by atoms with Gasteiger partial charge in [0.15, 0.2) is 0 Å². The number of fused-ring (bicyclic) bond motifs is 1. The number of carbonyl (C=O) groups excluding carboxylic acids is 1. The van der Waals surface area contributed by atoms with Gasteiger partial charge in [-0.15, -0.1) is 0 Å². The van der Waals surface area contributed by atoms with Gasteiger partial charge in [0.25, 0.3) is 0 Å². The van der Waals surface area contributed by atoms with Crippen molar-refractivity contribution in [3.63, 3.8) is 0 Å². The molecule has 1 heterocycles. The van der Waals surface area contributed by atoms with E-state index in [0.29, 0.717) is 16.7 Å². The van der Waals surface area contributed by atoms with Gasteiger partial charge in [-0.3, -0.25) is 4.79 Å². The van der Waals surface area contributed by atoms with Crippen molar-refractivity contribution in [2.24, 2.45) is 0 Å². The van der Waals surface area contributed by atoms with E-state index in [-0.39, 0.29) is 23.8 Å². The predicted octanol–water partition coefficient (Wildman–Crippen LogP) is 2.10. The van der Waals surface area contributed by atoms with Crippen LogP contribution in [0.1, 0.15) is 6.42 Å². The Bertz CT molecular complexity index is 1090. The standard InChI is InChI=1S/C18H16N2O5S/c21-17(10-11-19-26(23,24)15-4-2-1-3-5-15)20-14-7-8-16-13(12-14)6-9-18(22)25-16/h1-9,12,19H,10-11H2,(H,20,21). The molecule has 0 fully saturated rings. The number of benzene rings is 2. The third-order valence-electron chi connectivity index (χ3n) is 3.60. The lowest BCUT2D eigenvalue weighted by molar-refractivity contribution is -0.116. The zero-order chi connectivity index (χ0) is 18.6. The summed E-state index contributed by atoms with van der Waals surface area (Å²) in [7, 11) is -3.63. The molecule has 0 atom stereocenters. The van der Waals surface area contributed by atoms with Gasteiger partial charge in [-0.2, -0.15) is 0 Å². The van der Waals surface area contributed by atoms with E-state index in [1.807, 2.05) is 0 Å². The highest BCUT2D eigenvalue weighted by Crippen LogP contribution is 2.17. The van der Waals surface area contributed by atoms with Crippen molar-refractivity contribution in [2.45, 2.75) is 11.3 Å². The first-order valence-electron chi connectivity index (χ1n) is 7.82. The number of amides is 1. The molecule has 0 aliphatic carbocycles. The Balaban J connectivity index is 1.57. The van der Waals surface area contributed by atoms with Gasteiger partial charge < -0.3 is 9.73 Å². The monoisotopic (exact) mass is 372 g/mol. The van der Waals surface area contributed by atoms with Gasteiger partial charge in [0.1, 0.15) is 5.58 Å². The fourth-order valence-corrected chi connectivity index (χ4v) is 3.41. The normalized spacial score (nSPS) is 11.4. The molecule has 1 amide bonds. The molecule has 1 aromatic heterocycles. The molecule has 26 heavy (non-hydrogen) atoms. The largest absolute Gasteiger partial charge is 0.423 e. The molecule has 3 rings (SSSR count). The van der Waals surface area contributed by atoms with Crippen LogP contribution in [0.25, 0.3) is 11.0 Å². The molecule has 0 saturated heterocycles. The van der Waals surface area contributed by atoms with E-state index in [9.17, 15) is 18.0 Å². The molecule has 134 valence electrons. The van der Waals surface area contributed by atoms with Crippen molar-refractivity contribution in [3.05, 3.63) is 71.1 Å². The Morgan fingerprint density at radius 1 is 1.00 bits per heavy atom. The summed E-state index contributed by atoms with van der Waals surface area (Å²) >= 11 is 0. The van der Waals surface area contributed by atoms with Crippen molar-refractivity contribution < 1.29 is 17.6 Å². The van der Waals surface area contributed by atoms with Crippen molar-refractivity contribution in [1.29, 1.82) is 0 Å². The molecule has 8 heteroatoms. The number of carbonyl (C=O) groups is 1. The second kappa shape index (κ2) is 7.51. The SMILES string of the molecule is O=C(CCNS(=O)(=O)c1ccccc1)Nc1ccc2oc(=O)ccc2c1. The Morgan fingerprint density at radius 2 is 1.77 bits per heavy atom. The molecule has 0 aliphatic rings. The van der Waals surface area contributed by atoms with Crippen LogP contribution in [-0.2, 0) is 14.8 Å². The Labute approximate surface area is 149 Å². The maximum atomic E-state index is 12.1. The fraction of sp³-hybridized carbons (Fsp3) is 0.111. The Hall–Kier alpha value is -2.97. The van der Waals surface area contributed by atoms with Crippen molar-refractivity contribution in [3.8, 4) is 0 Å². The van der Waals surface area contributed by atoms with Crippen molar-refractivity contribution in [1.82, 2.24) is 4.72 Å². The Morgan fingerprint density at radius 3 is 2.54 bits per heavy atom. The zero-order valence-electron chi connectivity index (χ0n) is 13.6. The van der Waals surface area contributed by atoms with E-state index < -0.39 is 15.6 Å². The molecule has 0 radical (unpaired) electrons. The highest BCUT2D eigenvalue weighted by atomic mass is 32.2. The molecular formula is C18H16N2O5S. The van der Waals surface area contributed by atoms with Gasteiger partial charge in [-0.1, -0.05) is 18.2 Å². The lowest BCUT2D eigenvalue weighted by Gasteiger charge is -2.08. The third-order valence-corrected chi connectivity index (χ3v) is 5.08. The van der Waals surface area contributed by atoms with Gasteiger partial charge in [-0.05, 0) is 36.4 Å². The van der Waals surface area contributed by atoms with Crippen LogP contribution in [0.3, 0.4) is 0 Å². The molecule has 3 aromatic rings. The van der Waals surface area contributed by atoms with E-state index in [1.165, 1.54) is 18.2 Å². The molecule has 0 bridgehead atoms. The predicted molar refractivity (Wildman–Crippen MR) is 97.4 cm³/mol. The molecule has 7 nitrogen and oxygen atoms in total. The van der Waals surface area contributed by atoms with Gasteiger partial charge in [0.05, 0.1) is 4.90 Å². The summed E-state index contributed by atoms with van der Waals surface area (Å²) in [5.74, 6) is -0.336. The summed E-state index contributed by atoms with van der Waals surface area (Å²) in [5, 5.41) is 3.35. The maximum absolute atomic E-state index is 12.1. The van der Waals surface area contributed by atoms with Gasteiger partial charge in [0, 0.05) is 30.1 Å². The number of rotatable bonds is 6. The minimum absolute atomic E-state index is 0.0199. The maximum Gasteiger partial charge on any atom is 0.336 e. The third kappa shape index (κ3) is 4.35. The fourth-order valence-electron chi connectivity index (χ4n) is 2.36. The average molecular weight is 372 g/mol. The molecular weight excluding hydrogens is 356 g/mol. The van der Waals surface area contributed by atoms with Crippen LogP contribution < -0.4 is 15.7 Å². The molecule has 2 N–H and O–H groups in total. The second-order valence-electron chi connectivity index (χ2n) is 5.52. The van der Waals surface area contributed by atoms with Crippen molar-refractivity contribution >= 4 is 32.6 Å². The molecule has 0 aliphatic heterocycles. The van der Waals surface area contributed by atoms with Gasteiger partial charge >= 0.3 is 5.63 Å². The van der Waals surface area contributed by atoms with E-state index in [1.54, 1.807) is 42.5 Å². The summed E-state index contributed by atoms with van der Waals surface area (Å²) in [6.45, 7) is -0.0223. The highest BCUT2D eigenvalue weighted by Gasteiger charge is 2.13. The number of nitrogens with one attached hydrogen (secondary N) is 2. The second-order valence-corrected chi connectivity index (χ2v) is 7.28. The molecule has 0 saturated carbocycles. The number of hydrogen-bond donors (Lipinski definition) is 2. The van der Waals surface area contributed by atoms with E-state index in [0.717, 1.165) is 0 Å². The minimum Gasteiger partial charge on any atom is -0.423 e. The summed E-state index contributed by atoms with van der Waals surface area (Å²) in [6.07, 6.45) is -0.0199. The highest BCUT2D eigenvalue weighted by molar-refractivity contribution is 7.89.